The van der Waals surface area contributed by atoms with E-state index in [1.807, 2.05) is 13.0 Å². The molecule has 1 rings (SSSR count). The van der Waals surface area contributed by atoms with Gasteiger partial charge in [-0.05, 0) is 25.1 Å². The standard InChI is InChI=1S/C14H23ClN2O/c1-12-5-4-6-13(14(12)15)11-17(2)9-7-16-8-10-18-3/h4-6,16H,7-11H2,1-3H3. The van der Waals surface area contributed by atoms with Crippen LogP contribution in [0.25, 0.3) is 0 Å². The van der Waals surface area contributed by atoms with Crippen LogP contribution in [-0.4, -0.2) is 45.3 Å². The summed E-state index contributed by atoms with van der Waals surface area (Å²) in [6.45, 7) is 6.53. The molecular formula is C14H23ClN2O. The summed E-state index contributed by atoms with van der Waals surface area (Å²) in [5, 5.41) is 4.22. The number of halogens is 1. The van der Waals surface area contributed by atoms with Crippen LogP contribution in [0, 0.1) is 6.92 Å². The Hall–Kier alpha value is -0.610. The molecule has 0 bridgehead atoms. The van der Waals surface area contributed by atoms with Crippen molar-refractivity contribution in [2.75, 3.05) is 40.4 Å². The Morgan fingerprint density at radius 2 is 2.11 bits per heavy atom. The Morgan fingerprint density at radius 1 is 1.33 bits per heavy atom. The first kappa shape index (κ1) is 15.4. The highest BCUT2D eigenvalue weighted by atomic mass is 35.5. The Morgan fingerprint density at radius 3 is 2.83 bits per heavy atom. The van der Waals surface area contributed by atoms with Crippen LogP contribution in [0.2, 0.25) is 5.02 Å². The van der Waals surface area contributed by atoms with Gasteiger partial charge in [0.2, 0.25) is 0 Å². The Balaban J connectivity index is 2.31. The molecule has 0 aliphatic heterocycles. The van der Waals surface area contributed by atoms with Gasteiger partial charge < -0.3 is 15.0 Å². The minimum absolute atomic E-state index is 0.757. The third kappa shape index (κ3) is 5.36. The molecule has 4 heteroatoms. The smallest absolute Gasteiger partial charge is 0.0587 e. The highest BCUT2D eigenvalue weighted by molar-refractivity contribution is 6.32. The molecule has 0 atom stereocenters. The van der Waals surface area contributed by atoms with E-state index in [0.29, 0.717) is 0 Å². The zero-order valence-corrected chi connectivity index (χ0v) is 12.3. The molecule has 0 amide bonds. The van der Waals surface area contributed by atoms with Crippen LogP contribution in [0.15, 0.2) is 18.2 Å². The van der Waals surface area contributed by atoms with Crippen LogP contribution < -0.4 is 5.32 Å². The van der Waals surface area contributed by atoms with E-state index in [9.17, 15) is 0 Å². The second-order valence-corrected chi connectivity index (χ2v) is 4.91. The van der Waals surface area contributed by atoms with E-state index < -0.39 is 0 Å². The number of nitrogens with zero attached hydrogens (tertiary/aromatic N) is 1. The molecule has 18 heavy (non-hydrogen) atoms. The van der Waals surface area contributed by atoms with E-state index in [2.05, 4.69) is 29.4 Å². The first-order chi connectivity index (χ1) is 8.65. The van der Waals surface area contributed by atoms with Crippen molar-refractivity contribution in [2.24, 2.45) is 0 Å². The van der Waals surface area contributed by atoms with Gasteiger partial charge in [-0.15, -0.1) is 0 Å². The van der Waals surface area contributed by atoms with E-state index >= 15 is 0 Å². The van der Waals surface area contributed by atoms with Gasteiger partial charge in [0.25, 0.3) is 0 Å². The van der Waals surface area contributed by atoms with Crippen LogP contribution in [-0.2, 0) is 11.3 Å². The molecule has 0 heterocycles. The quantitative estimate of drug-likeness (QED) is 0.734. The van der Waals surface area contributed by atoms with Crippen molar-refractivity contribution in [3.05, 3.63) is 34.3 Å². The Bertz CT molecular complexity index is 358. The van der Waals surface area contributed by atoms with Crippen molar-refractivity contribution >= 4 is 11.6 Å². The molecule has 0 aliphatic rings. The molecule has 0 saturated heterocycles. The van der Waals surface area contributed by atoms with Gasteiger partial charge in [0.1, 0.15) is 0 Å². The number of benzene rings is 1. The predicted octanol–water partition coefficient (Wildman–Crippen LogP) is 2.32. The number of hydrogen-bond acceptors (Lipinski definition) is 3. The first-order valence-corrected chi connectivity index (χ1v) is 6.65. The molecular weight excluding hydrogens is 248 g/mol. The lowest BCUT2D eigenvalue weighted by molar-refractivity contribution is 0.197. The molecule has 0 unspecified atom stereocenters. The van der Waals surface area contributed by atoms with E-state index in [-0.39, 0.29) is 0 Å². The van der Waals surface area contributed by atoms with Gasteiger partial charge in [-0.3, -0.25) is 0 Å². The van der Waals surface area contributed by atoms with Crippen LogP contribution in [0.1, 0.15) is 11.1 Å². The molecule has 0 aliphatic carbocycles. The summed E-state index contributed by atoms with van der Waals surface area (Å²) in [5.41, 5.74) is 2.33. The number of likely N-dealkylation sites (N-methyl/N-ethyl adjacent to an activating group) is 1. The van der Waals surface area contributed by atoms with Gasteiger partial charge in [0.05, 0.1) is 6.61 Å². The van der Waals surface area contributed by atoms with Crippen molar-refractivity contribution in [3.63, 3.8) is 0 Å². The summed E-state index contributed by atoms with van der Waals surface area (Å²) >= 11 is 6.28. The summed E-state index contributed by atoms with van der Waals surface area (Å²) in [6.07, 6.45) is 0. The Kier molecular flexibility index (Phi) is 7.28. The molecule has 0 spiro atoms. The maximum absolute atomic E-state index is 6.28. The van der Waals surface area contributed by atoms with Crippen molar-refractivity contribution in [2.45, 2.75) is 13.5 Å². The minimum atomic E-state index is 0.757. The summed E-state index contributed by atoms with van der Waals surface area (Å²) in [7, 11) is 3.82. The average molecular weight is 271 g/mol. The lowest BCUT2D eigenvalue weighted by atomic mass is 10.1. The van der Waals surface area contributed by atoms with Gasteiger partial charge in [0.15, 0.2) is 0 Å². The molecule has 1 aromatic carbocycles. The second-order valence-electron chi connectivity index (χ2n) is 4.53. The zero-order valence-electron chi connectivity index (χ0n) is 11.5. The first-order valence-electron chi connectivity index (χ1n) is 6.27. The number of ether oxygens (including phenoxy) is 1. The summed E-state index contributed by atoms with van der Waals surface area (Å²) in [4.78, 5) is 2.26. The normalized spacial score (nSPS) is 11.2. The van der Waals surface area contributed by atoms with Crippen LogP contribution in [0.5, 0.6) is 0 Å². The fourth-order valence-electron chi connectivity index (χ4n) is 1.77. The number of nitrogens with one attached hydrogen (secondary N) is 1. The minimum Gasteiger partial charge on any atom is -0.383 e. The van der Waals surface area contributed by atoms with Crippen LogP contribution in [0.3, 0.4) is 0 Å². The summed E-state index contributed by atoms with van der Waals surface area (Å²) < 4.78 is 4.98. The predicted molar refractivity (Wildman–Crippen MR) is 77.3 cm³/mol. The molecule has 1 N–H and O–H groups in total. The largest absolute Gasteiger partial charge is 0.383 e. The fourth-order valence-corrected chi connectivity index (χ4v) is 1.96. The average Bonchev–Trinajstić information content (AvgIpc) is 2.35. The molecule has 0 fully saturated rings. The molecule has 0 aromatic heterocycles. The summed E-state index contributed by atoms with van der Waals surface area (Å²) in [6, 6.07) is 6.18. The van der Waals surface area contributed by atoms with Crippen molar-refractivity contribution < 1.29 is 4.74 Å². The third-order valence-corrected chi connectivity index (χ3v) is 3.41. The molecule has 0 radical (unpaired) electrons. The van der Waals surface area contributed by atoms with Crippen molar-refractivity contribution in [3.8, 4) is 0 Å². The van der Waals surface area contributed by atoms with Gasteiger partial charge in [0, 0.05) is 38.3 Å². The SMILES string of the molecule is COCCNCCN(C)Cc1cccc(C)c1Cl. The van der Waals surface area contributed by atoms with Gasteiger partial charge in [-0.2, -0.15) is 0 Å². The van der Waals surface area contributed by atoms with E-state index in [0.717, 1.165) is 43.4 Å². The maximum Gasteiger partial charge on any atom is 0.0587 e. The number of methoxy groups -OCH3 is 1. The number of aryl methyl sites for hydroxylation is 1. The molecule has 3 nitrogen and oxygen atoms in total. The van der Waals surface area contributed by atoms with Crippen molar-refractivity contribution in [1.82, 2.24) is 10.2 Å². The number of rotatable bonds is 8. The highest BCUT2D eigenvalue weighted by Crippen LogP contribution is 2.21. The van der Waals surface area contributed by atoms with Gasteiger partial charge in [-0.1, -0.05) is 29.8 Å². The molecule has 102 valence electrons. The topological polar surface area (TPSA) is 24.5 Å². The second kappa shape index (κ2) is 8.48. The number of hydrogen-bond donors (Lipinski definition) is 1. The third-order valence-electron chi connectivity index (χ3n) is 2.87. The zero-order chi connectivity index (χ0) is 13.4. The van der Waals surface area contributed by atoms with Crippen LogP contribution >= 0.6 is 11.6 Å². The Labute approximate surface area is 115 Å². The van der Waals surface area contributed by atoms with Crippen LogP contribution in [0.4, 0.5) is 0 Å². The van der Waals surface area contributed by atoms with Crippen molar-refractivity contribution in [1.29, 1.82) is 0 Å². The van der Waals surface area contributed by atoms with Gasteiger partial charge >= 0.3 is 0 Å². The van der Waals surface area contributed by atoms with E-state index in [1.54, 1.807) is 7.11 Å². The lowest BCUT2D eigenvalue weighted by Crippen LogP contribution is -2.30. The highest BCUT2D eigenvalue weighted by Gasteiger charge is 2.05. The monoisotopic (exact) mass is 270 g/mol. The van der Waals surface area contributed by atoms with E-state index in [4.69, 9.17) is 16.3 Å². The summed E-state index contributed by atoms with van der Waals surface area (Å²) in [5.74, 6) is 0. The molecule has 0 saturated carbocycles. The fraction of sp³-hybridized carbons (Fsp3) is 0.571. The van der Waals surface area contributed by atoms with Gasteiger partial charge in [-0.25, -0.2) is 0 Å². The molecule has 1 aromatic rings. The lowest BCUT2D eigenvalue weighted by Gasteiger charge is -2.18. The maximum atomic E-state index is 6.28. The van der Waals surface area contributed by atoms with E-state index in [1.165, 1.54) is 5.56 Å².